The van der Waals surface area contributed by atoms with Gasteiger partial charge in [0.15, 0.2) is 5.82 Å². The first-order chi connectivity index (χ1) is 12.2. The molecule has 1 saturated heterocycles. The first-order valence-corrected chi connectivity index (χ1v) is 8.17. The molecule has 25 heavy (non-hydrogen) atoms. The summed E-state index contributed by atoms with van der Waals surface area (Å²) in [5, 5.41) is 4.20. The molecular formula is C17H19N7O. The van der Waals surface area contributed by atoms with Crippen molar-refractivity contribution >= 4 is 11.8 Å². The van der Waals surface area contributed by atoms with Gasteiger partial charge in [-0.05, 0) is 25.1 Å². The number of rotatable bonds is 4. The average Bonchev–Trinajstić information content (AvgIpc) is 3.28. The summed E-state index contributed by atoms with van der Waals surface area (Å²) in [4.78, 5) is 15.0. The molecule has 8 nitrogen and oxygen atoms in total. The molecule has 1 aliphatic rings. The Bertz CT molecular complexity index is 865. The van der Waals surface area contributed by atoms with E-state index in [2.05, 4.69) is 25.0 Å². The van der Waals surface area contributed by atoms with Gasteiger partial charge in [-0.3, -0.25) is 4.98 Å². The van der Waals surface area contributed by atoms with Crippen LogP contribution in [0.25, 0.3) is 5.82 Å². The van der Waals surface area contributed by atoms with Gasteiger partial charge in [-0.25, -0.2) is 4.68 Å². The van der Waals surface area contributed by atoms with Crippen molar-refractivity contribution in [3.63, 3.8) is 0 Å². The molecule has 4 rings (SSSR count). The van der Waals surface area contributed by atoms with Crippen LogP contribution in [0, 0.1) is 6.92 Å². The predicted molar refractivity (Wildman–Crippen MR) is 93.8 cm³/mol. The average molecular weight is 337 g/mol. The van der Waals surface area contributed by atoms with Crippen molar-refractivity contribution in [2.24, 2.45) is 0 Å². The van der Waals surface area contributed by atoms with E-state index in [0.29, 0.717) is 5.82 Å². The lowest BCUT2D eigenvalue weighted by atomic mass is 10.3. The smallest absolute Gasteiger partial charge is 0.224 e. The Morgan fingerprint density at radius 3 is 2.88 bits per heavy atom. The van der Waals surface area contributed by atoms with Crippen molar-refractivity contribution in [1.82, 2.24) is 24.7 Å². The number of nitrogen functional groups attached to an aromatic ring is 1. The lowest BCUT2D eigenvalue weighted by Crippen LogP contribution is -2.26. The van der Waals surface area contributed by atoms with E-state index in [1.165, 1.54) is 0 Å². The highest BCUT2D eigenvalue weighted by molar-refractivity contribution is 5.48. The molecule has 0 aromatic carbocycles. The Morgan fingerprint density at radius 2 is 2.08 bits per heavy atom. The molecule has 1 unspecified atom stereocenters. The Hall–Kier alpha value is -3.16. The molecule has 1 atom stereocenters. The van der Waals surface area contributed by atoms with Crippen LogP contribution < -0.4 is 15.4 Å². The predicted octanol–water partition coefficient (Wildman–Crippen LogP) is 1.61. The number of nitrogens with two attached hydrogens (primary N) is 1. The molecule has 4 heterocycles. The summed E-state index contributed by atoms with van der Waals surface area (Å²) in [5.74, 6) is 2.50. The largest absolute Gasteiger partial charge is 0.487 e. The van der Waals surface area contributed by atoms with Gasteiger partial charge in [-0.15, -0.1) is 0 Å². The van der Waals surface area contributed by atoms with Crippen molar-refractivity contribution in [1.29, 1.82) is 0 Å². The minimum Gasteiger partial charge on any atom is -0.487 e. The number of ether oxygens (including phenoxy) is 1. The summed E-state index contributed by atoms with van der Waals surface area (Å²) in [5.41, 5.74) is 6.78. The monoisotopic (exact) mass is 337 g/mol. The zero-order valence-electron chi connectivity index (χ0n) is 13.9. The third-order valence-corrected chi connectivity index (χ3v) is 4.18. The van der Waals surface area contributed by atoms with E-state index in [-0.39, 0.29) is 12.1 Å². The Labute approximate surface area is 145 Å². The van der Waals surface area contributed by atoms with Crippen LogP contribution in [0.2, 0.25) is 0 Å². The zero-order valence-corrected chi connectivity index (χ0v) is 13.9. The van der Waals surface area contributed by atoms with Gasteiger partial charge in [0, 0.05) is 37.6 Å². The minimum atomic E-state index is 0.0900. The summed E-state index contributed by atoms with van der Waals surface area (Å²) in [6, 6.07) is 7.56. The fourth-order valence-corrected chi connectivity index (χ4v) is 2.93. The van der Waals surface area contributed by atoms with E-state index in [0.717, 1.165) is 36.8 Å². The summed E-state index contributed by atoms with van der Waals surface area (Å²) in [6.07, 6.45) is 6.30. The Kier molecular flexibility index (Phi) is 3.93. The number of pyridine rings is 1. The van der Waals surface area contributed by atoms with Gasteiger partial charge in [0.05, 0.1) is 12.2 Å². The lowest BCUT2D eigenvalue weighted by Gasteiger charge is -2.19. The van der Waals surface area contributed by atoms with Crippen LogP contribution in [0.5, 0.6) is 5.75 Å². The van der Waals surface area contributed by atoms with Crippen molar-refractivity contribution in [3.05, 3.63) is 48.5 Å². The maximum Gasteiger partial charge on any atom is 0.224 e. The third kappa shape index (κ3) is 3.23. The van der Waals surface area contributed by atoms with Crippen LogP contribution in [0.15, 0.2) is 42.9 Å². The second-order valence-corrected chi connectivity index (χ2v) is 5.95. The summed E-state index contributed by atoms with van der Waals surface area (Å²) in [6.45, 7) is 3.53. The third-order valence-electron chi connectivity index (χ3n) is 4.18. The number of hydrogen-bond donors (Lipinski definition) is 1. The van der Waals surface area contributed by atoms with Crippen molar-refractivity contribution in [3.8, 4) is 11.6 Å². The molecule has 1 aliphatic heterocycles. The summed E-state index contributed by atoms with van der Waals surface area (Å²) in [7, 11) is 0. The molecular weight excluding hydrogens is 318 g/mol. The fraction of sp³-hybridized carbons (Fsp3) is 0.294. The molecule has 0 aliphatic carbocycles. The molecule has 0 spiro atoms. The van der Waals surface area contributed by atoms with E-state index in [1.807, 2.05) is 37.4 Å². The van der Waals surface area contributed by atoms with Gasteiger partial charge < -0.3 is 15.4 Å². The molecule has 0 bridgehead atoms. The number of aryl methyl sites for hydroxylation is 1. The normalized spacial score (nSPS) is 17.0. The number of nitrogens with zero attached hydrogens (tertiary/aromatic N) is 6. The molecule has 0 amide bonds. The van der Waals surface area contributed by atoms with Crippen LogP contribution in [0.4, 0.5) is 11.8 Å². The molecule has 8 heteroatoms. The quantitative estimate of drug-likeness (QED) is 0.772. The van der Waals surface area contributed by atoms with Crippen molar-refractivity contribution in [2.75, 3.05) is 23.7 Å². The zero-order chi connectivity index (χ0) is 17.2. The first-order valence-electron chi connectivity index (χ1n) is 8.17. The van der Waals surface area contributed by atoms with Gasteiger partial charge in [0.2, 0.25) is 5.95 Å². The highest BCUT2D eigenvalue weighted by Gasteiger charge is 2.26. The van der Waals surface area contributed by atoms with Crippen molar-refractivity contribution < 1.29 is 4.74 Å². The topological polar surface area (TPSA) is 95.0 Å². The number of hydrogen-bond acceptors (Lipinski definition) is 7. The van der Waals surface area contributed by atoms with Gasteiger partial charge >= 0.3 is 0 Å². The highest BCUT2D eigenvalue weighted by atomic mass is 16.5. The SMILES string of the molecule is Cc1ncccc1OC1CCN(c2cc(-n3cccn3)nc(N)n2)C1. The number of anilines is 2. The fourth-order valence-electron chi connectivity index (χ4n) is 2.93. The molecule has 0 radical (unpaired) electrons. The van der Waals surface area contributed by atoms with Gasteiger partial charge in [-0.1, -0.05) is 0 Å². The van der Waals surface area contributed by atoms with Gasteiger partial charge in [0.25, 0.3) is 0 Å². The van der Waals surface area contributed by atoms with Crippen LogP contribution in [0.3, 0.4) is 0 Å². The van der Waals surface area contributed by atoms with E-state index < -0.39 is 0 Å². The standard InChI is InChI=1S/C17H19N7O/c1-12-14(4-2-6-19-12)25-13-5-9-23(11-13)15-10-16(22-17(18)21-15)24-8-3-7-20-24/h2-4,6-8,10,13H,5,9,11H2,1H3,(H2,18,21,22). The molecule has 0 saturated carbocycles. The second-order valence-electron chi connectivity index (χ2n) is 5.95. The van der Waals surface area contributed by atoms with Gasteiger partial charge in [-0.2, -0.15) is 15.1 Å². The van der Waals surface area contributed by atoms with Crippen LogP contribution in [-0.4, -0.2) is 43.9 Å². The van der Waals surface area contributed by atoms with Crippen LogP contribution in [-0.2, 0) is 0 Å². The Balaban J connectivity index is 1.51. The van der Waals surface area contributed by atoms with Crippen LogP contribution in [0.1, 0.15) is 12.1 Å². The maximum absolute atomic E-state index is 6.09. The first kappa shape index (κ1) is 15.4. The molecule has 1 fully saturated rings. The van der Waals surface area contributed by atoms with E-state index in [9.17, 15) is 0 Å². The van der Waals surface area contributed by atoms with E-state index in [1.54, 1.807) is 17.1 Å². The number of aromatic nitrogens is 5. The van der Waals surface area contributed by atoms with E-state index in [4.69, 9.17) is 10.5 Å². The Morgan fingerprint density at radius 1 is 1.20 bits per heavy atom. The molecule has 2 N–H and O–H groups in total. The molecule has 3 aromatic heterocycles. The molecule has 3 aromatic rings. The lowest BCUT2D eigenvalue weighted by molar-refractivity contribution is 0.222. The minimum absolute atomic E-state index is 0.0900. The summed E-state index contributed by atoms with van der Waals surface area (Å²) < 4.78 is 7.77. The maximum atomic E-state index is 6.09. The molecule has 128 valence electrons. The second kappa shape index (κ2) is 6.39. The van der Waals surface area contributed by atoms with Crippen molar-refractivity contribution in [2.45, 2.75) is 19.4 Å². The van der Waals surface area contributed by atoms with Gasteiger partial charge in [0.1, 0.15) is 17.7 Å². The van der Waals surface area contributed by atoms with Crippen LogP contribution >= 0.6 is 0 Å². The van der Waals surface area contributed by atoms with E-state index >= 15 is 0 Å². The highest BCUT2D eigenvalue weighted by Crippen LogP contribution is 2.25. The summed E-state index contributed by atoms with van der Waals surface area (Å²) >= 11 is 0.